The van der Waals surface area contributed by atoms with Crippen LogP contribution in [0.4, 0.5) is 5.69 Å². The zero-order chi connectivity index (χ0) is 12.3. The molecule has 2 rings (SSSR count). The highest BCUT2D eigenvalue weighted by Gasteiger charge is 2.10. The van der Waals surface area contributed by atoms with Crippen molar-refractivity contribution in [1.82, 2.24) is 5.32 Å². The summed E-state index contributed by atoms with van der Waals surface area (Å²) in [4.78, 5) is 12.0. The first-order valence-corrected chi connectivity index (χ1v) is 5.70. The third-order valence-corrected chi connectivity index (χ3v) is 2.78. The van der Waals surface area contributed by atoms with Crippen molar-refractivity contribution in [1.29, 1.82) is 0 Å². The molecule has 88 valence electrons. The second kappa shape index (κ2) is 4.87. The molecule has 1 aliphatic rings. The minimum Gasteiger partial charge on any atom is -0.399 e. The van der Waals surface area contributed by atoms with E-state index >= 15 is 0 Å². The predicted molar refractivity (Wildman–Crippen MR) is 69.5 cm³/mol. The topological polar surface area (TPSA) is 55.1 Å². The summed E-state index contributed by atoms with van der Waals surface area (Å²) in [6.07, 6.45) is 7.86. The first-order chi connectivity index (χ1) is 8.16. The fourth-order valence-electron chi connectivity index (χ4n) is 1.86. The molecular weight excluding hydrogens is 212 g/mol. The Balaban J connectivity index is 2.14. The van der Waals surface area contributed by atoms with Crippen molar-refractivity contribution < 1.29 is 4.79 Å². The average molecular weight is 228 g/mol. The number of aryl methyl sites for hydroxylation is 1. The predicted octanol–water partition coefficient (Wildman–Crippen LogP) is 2.54. The number of hydrogen-bond acceptors (Lipinski definition) is 2. The van der Waals surface area contributed by atoms with Gasteiger partial charge in [0, 0.05) is 16.9 Å². The monoisotopic (exact) mass is 228 g/mol. The number of carbonyl (C=O) groups is 1. The summed E-state index contributed by atoms with van der Waals surface area (Å²) < 4.78 is 0. The summed E-state index contributed by atoms with van der Waals surface area (Å²) >= 11 is 0. The van der Waals surface area contributed by atoms with Gasteiger partial charge < -0.3 is 11.1 Å². The maximum atomic E-state index is 12.0. The second-order valence-corrected chi connectivity index (χ2v) is 4.19. The van der Waals surface area contributed by atoms with Crippen LogP contribution in [-0.2, 0) is 0 Å². The number of rotatable bonds is 2. The molecule has 1 aromatic rings. The molecule has 0 bridgehead atoms. The largest absolute Gasteiger partial charge is 0.399 e. The Labute approximate surface area is 101 Å². The van der Waals surface area contributed by atoms with Crippen molar-refractivity contribution in [2.24, 2.45) is 0 Å². The molecule has 3 nitrogen and oxygen atoms in total. The third-order valence-electron chi connectivity index (χ3n) is 2.78. The quantitative estimate of drug-likeness (QED) is 0.764. The van der Waals surface area contributed by atoms with Crippen LogP contribution in [0.25, 0.3) is 0 Å². The number of benzene rings is 1. The molecule has 1 amide bonds. The maximum absolute atomic E-state index is 12.0. The third kappa shape index (κ3) is 2.75. The molecular formula is C14H16N2O. The van der Waals surface area contributed by atoms with Crippen molar-refractivity contribution >= 4 is 11.6 Å². The van der Waals surface area contributed by atoms with Crippen LogP contribution < -0.4 is 11.1 Å². The van der Waals surface area contributed by atoms with Crippen LogP contribution in [0.5, 0.6) is 0 Å². The number of hydrogen-bond donors (Lipinski definition) is 2. The van der Waals surface area contributed by atoms with Crippen LogP contribution in [0, 0.1) is 6.92 Å². The maximum Gasteiger partial charge on any atom is 0.255 e. The van der Waals surface area contributed by atoms with Crippen molar-refractivity contribution in [2.75, 3.05) is 5.73 Å². The number of nitrogen functional groups attached to an aromatic ring is 1. The standard InChI is InChI=1S/C14H16N2O/c1-10-9-11(15)7-8-13(10)14(17)16-12-5-3-2-4-6-12/h2-3,5,7-9H,4,6,15H2,1H3,(H,16,17). The SMILES string of the molecule is Cc1cc(N)ccc1C(=O)NC1=CC=CCC1. The van der Waals surface area contributed by atoms with Gasteiger partial charge in [0.1, 0.15) is 0 Å². The molecule has 3 N–H and O–H groups in total. The van der Waals surface area contributed by atoms with Gasteiger partial charge in [-0.25, -0.2) is 0 Å². The first kappa shape index (κ1) is 11.5. The number of nitrogens with one attached hydrogen (secondary N) is 1. The number of anilines is 1. The molecule has 1 aromatic carbocycles. The highest BCUT2D eigenvalue weighted by atomic mass is 16.1. The zero-order valence-electron chi connectivity index (χ0n) is 9.86. The van der Waals surface area contributed by atoms with Gasteiger partial charge in [0.2, 0.25) is 0 Å². The van der Waals surface area contributed by atoms with Crippen LogP contribution in [0.2, 0.25) is 0 Å². The van der Waals surface area contributed by atoms with E-state index in [9.17, 15) is 4.79 Å². The minimum absolute atomic E-state index is 0.0657. The Kier molecular flexibility index (Phi) is 3.28. The Bertz CT molecular complexity index is 501. The van der Waals surface area contributed by atoms with Crippen molar-refractivity contribution in [3.05, 3.63) is 53.3 Å². The smallest absolute Gasteiger partial charge is 0.255 e. The van der Waals surface area contributed by atoms with Gasteiger partial charge in [0.25, 0.3) is 5.91 Å². The molecule has 0 unspecified atom stereocenters. The number of carbonyl (C=O) groups excluding carboxylic acids is 1. The summed E-state index contributed by atoms with van der Waals surface area (Å²) in [5.41, 5.74) is 8.88. The molecule has 0 aliphatic heterocycles. The van der Waals surface area contributed by atoms with Crippen LogP contribution in [-0.4, -0.2) is 5.91 Å². The lowest BCUT2D eigenvalue weighted by molar-refractivity contribution is 0.0964. The summed E-state index contributed by atoms with van der Waals surface area (Å²) in [6.45, 7) is 1.89. The summed E-state index contributed by atoms with van der Waals surface area (Å²) in [6, 6.07) is 5.32. The number of amides is 1. The Morgan fingerprint density at radius 1 is 1.41 bits per heavy atom. The normalized spacial score (nSPS) is 14.3. The van der Waals surface area contributed by atoms with E-state index in [1.54, 1.807) is 12.1 Å². The lowest BCUT2D eigenvalue weighted by Gasteiger charge is -2.12. The van der Waals surface area contributed by atoms with Crippen molar-refractivity contribution in [3.8, 4) is 0 Å². The molecule has 0 aromatic heterocycles. The highest BCUT2D eigenvalue weighted by molar-refractivity contribution is 5.97. The molecule has 0 atom stereocenters. The lowest BCUT2D eigenvalue weighted by atomic mass is 10.1. The number of allylic oxidation sites excluding steroid dienone is 4. The fourth-order valence-corrected chi connectivity index (χ4v) is 1.86. The van der Waals surface area contributed by atoms with Gasteiger partial charge in [-0.05, 0) is 49.6 Å². The molecule has 0 saturated carbocycles. The fraction of sp³-hybridized carbons (Fsp3) is 0.214. The molecule has 0 spiro atoms. The Hall–Kier alpha value is -2.03. The van der Waals surface area contributed by atoms with E-state index in [1.807, 2.05) is 25.1 Å². The van der Waals surface area contributed by atoms with Gasteiger partial charge >= 0.3 is 0 Å². The molecule has 0 saturated heterocycles. The van der Waals surface area contributed by atoms with E-state index in [0.717, 1.165) is 24.1 Å². The zero-order valence-corrected chi connectivity index (χ0v) is 9.86. The lowest BCUT2D eigenvalue weighted by Crippen LogP contribution is -2.24. The van der Waals surface area contributed by atoms with E-state index in [-0.39, 0.29) is 5.91 Å². The van der Waals surface area contributed by atoms with Gasteiger partial charge in [0.05, 0.1) is 0 Å². The Morgan fingerprint density at radius 2 is 2.24 bits per heavy atom. The van der Waals surface area contributed by atoms with Crippen LogP contribution in [0.15, 0.2) is 42.1 Å². The minimum atomic E-state index is -0.0657. The summed E-state index contributed by atoms with van der Waals surface area (Å²) in [5.74, 6) is -0.0657. The summed E-state index contributed by atoms with van der Waals surface area (Å²) in [7, 11) is 0. The Morgan fingerprint density at radius 3 is 2.88 bits per heavy atom. The molecule has 0 heterocycles. The van der Waals surface area contributed by atoms with Gasteiger partial charge in [-0.2, -0.15) is 0 Å². The van der Waals surface area contributed by atoms with Crippen LogP contribution >= 0.6 is 0 Å². The summed E-state index contributed by atoms with van der Waals surface area (Å²) in [5, 5.41) is 2.93. The molecule has 0 radical (unpaired) electrons. The van der Waals surface area contributed by atoms with Gasteiger partial charge in [-0.15, -0.1) is 0 Å². The highest BCUT2D eigenvalue weighted by Crippen LogP contribution is 2.14. The van der Waals surface area contributed by atoms with E-state index in [1.165, 1.54) is 0 Å². The van der Waals surface area contributed by atoms with E-state index in [2.05, 4.69) is 11.4 Å². The van der Waals surface area contributed by atoms with Gasteiger partial charge in [-0.3, -0.25) is 4.79 Å². The van der Waals surface area contributed by atoms with Crippen LogP contribution in [0.3, 0.4) is 0 Å². The number of nitrogens with two attached hydrogens (primary N) is 1. The van der Waals surface area contributed by atoms with E-state index < -0.39 is 0 Å². The molecule has 1 aliphatic carbocycles. The van der Waals surface area contributed by atoms with Gasteiger partial charge in [-0.1, -0.05) is 12.2 Å². The van der Waals surface area contributed by atoms with Crippen molar-refractivity contribution in [2.45, 2.75) is 19.8 Å². The van der Waals surface area contributed by atoms with Gasteiger partial charge in [0.15, 0.2) is 0 Å². The molecule has 0 fully saturated rings. The van der Waals surface area contributed by atoms with E-state index in [4.69, 9.17) is 5.73 Å². The van der Waals surface area contributed by atoms with Crippen molar-refractivity contribution in [3.63, 3.8) is 0 Å². The first-order valence-electron chi connectivity index (χ1n) is 5.70. The van der Waals surface area contributed by atoms with E-state index in [0.29, 0.717) is 11.3 Å². The van der Waals surface area contributed by atoms with Crippen LogP contribution in [0.1, 0.15) is 28.8 Å². The average Bonchev–Trinajstić information content (AvgIpc) is 2.30. The molecule has 17 heavy (non-hydrogen) atoms. The molecule has 3 heteroatoms. The second-order valence-electron chi connectivity index (χ2n) is 4.19.